The molecule has 1 aromatic carbocycles. The van der Waals surface area contributed by atoms with E-state index < -0.39 is 11.8 Å². The van der Waals surface area contributed by atoms with Crippen LogP contribution in [-0.2, 0) is 11.2 Å². The van der Waals surface area contributed by atoms with Crippen LogP contribution in [0.15, 0.2) is 47.1 Å². The van der Waals surface area contributed by atoms with Gasteiger partial charge in [-0.25, -0.2) is 0 Å². The predicted octanol–water partition coefficient (Wildman–Crippen LogP) is 3.17. The molecule has 0 aliphatic carbocycles. The molecule has 0 aliphatic heterocycles. The Morgan fingerprint density at radius 1 is 1.24 bits per heavy atom. The Balaban J connectivity index is 2.45. The predicted molar refractivity (Wildman–Crippen MR) is 121 cm³/mol. The fraction of sp³-hybridized carbons (Fsp3) is 0.158. The van der Waals surface area contributed by atoms with Gasteiger partial charge in [0, 0.05) is 37.3 Å². The van der Waals surface area contributed by atoms with Crippen LogP contribution in [0.25, 0.3) is 0 Å². The second kappa shape index (κ2) is 10.4. The molecule has 6 nitrogen and oxygen atoms in total. The lowest BCUT2D eigenvalue weighted by Crippen LogP contribution is -2.23. The van der Waals surface area contributed by atoms with E-state index in [1.54, 1.807) is 39.3 Å². The Morgan fingerprint density at radius 3 is 2.59 bits per heavy atom. The summed E-state index contributed by atoms with van der Waals surface area (Å²) in [5.74, 6) is -0.904. The molecule has 2 aromatic rings. The number of pyridine rings is 1. The van der Waals surface area contributed by atoms with Gasteiger partial charge in [0.1, 0.15) is 0 Å². The quantitative estimate of drug-likeness (QED) is 0.402. The summed E-state index contributed by atoms with van der Waals surface area (Å²) in [7, 11) is 4.85. The van der Waals surface area contributed by atoms with Crippen molar-refractivity contribution >= 4 is 65.8 Å². The van der Waals surface area contributed by atoms with Gasteiger partial charge in [-0.3, -0.25) is 14.6 Å². The number of nitrogens with zero attached hydrogens (tertiary/aromatic N) is 2. The van der Waals surface area contributed by atoms with E-state index in [1.807, 2.05) is 0 Å². The maximum atomic E-state index is 13.1. The monoisotopic (exact) mass is 450 g/mol. The van der Waals surface area contributed by atoms with Crippen LogP contribution in [0.5, 0.6) is 0 Å². The summed E-state index contributed by atoms with van der Waals surface area (Å²) in [6.07, 6.45) is 3.39. The van der Waals surface area contributed by atoms with Crippen LogP contribution in [0.2, 0.25) is 15.1 Å². The van der Waals surface area contributed by atoms with Crippen molar-refractivity contribution in [1.82, 2.24) is 10.3 Å². The third-order valence-electron chi connectivity index (χ3n) is 3.99. The van der Waals surface area contributed by atoms with E-state index in [0.29, 0.717) is 21.9 Å². The molecule has 1 aromatic heterocycles. The number of carbonyl (C=O) groups is 2. The molecule has 0 aliphatic rings. The summed E-state index contributed by atoms with van der Waals surface area (Å²) >= 11 is 18.4. The van der Waals surface area contributed by atoms with Gasteiger partial charge in [0.15, 0.2) is 7.85 Å². The number of aromatic nitrogens is 1. The van der Waals surface area contributed by atoms with Gasteiger partial charge in [-0.1, -0.05) is 34.8 Å². The SMILES string of the molecule is BC(/C=C(\Cc1ncccc1Cl)C(=O)Nc1c(Cl)cc(Cl)cc1C(=O)NC)=N/C. The van der Waals surface area contributed by atoms with Gasteiger partial charge in [-0.15, -0.1) is 0 Å². The highest BCUT2D eigenvalue weighted by Crippen LogP contribution is 2.31. The van der Waals surface area contributed by atoms with E-state index in [9.17, 15) is 9.59 Å². The van der Waals surface area contributed by atoms with Crippen molar-refractivity contribution in [3.8, 4) is 0 Å². The van der Waals surface area contributed by atoms with Crippen molar-refractivity contribution in [3.63, 3.8) is 0 Å². The van der Waals surface area contributed by atoms with Crippen molar-refractivity contribution in [3.05, 3.63) is 68.4 Å². The molecule has 2 amide bonds. The summed E-state index contributed by atoms with van der Waals surface area (Å²) in [5.41, 5.74) is 1.82. The first-order valence-electron chi connectivity index (χ1n) is 8.52. The van der Waals surface area contributed by atoms with Crippen LogP contribution in [0.3, 0.4) is 0 Å². The molecular weight excluding hydrogens is 433 g/mol. The van der Waals surface area contributed by atoms with E-state index >= 15 is 0 Å². The molecular formula is C19H18BCl3N4O2. The Bertz CT molecular complexity index is 1010. The molecule has 150 valence electrons. The zero-order valence-corrected chi connectivity index (χ0v) is 18.3. The average Bonchev–Trinajstić information content (AvgIpc) is 2.69. The average molecular weight is 452 g/mol. The Morgan fingerprint density at radius 2 is 1.97 bits per heavy atom. The van der Waals surface area contributed by atoms with Crippen molar-refractivity contribution < 1.29 is 9.59 Å². The number of anilines is 1. The molecule has 1 heterocycles. The highest BCUT2D eigenvalue weighted by Gasteiger charge is 2.20. The summed E-state index contributed by atoms with van der Waals surface area (Å²) in [5, 5.41) is 6.06. The lowest BCUT2D eigenvalue weighted by molar-refractivity contribution is -0.112. The molecule has 0 fully saturated rings. The van der Waals surface area contributed by atoms with Crippen LogP contribution >= 0.6 is 34.8 Å². The third-order valence-corrected chi connectivity index (χ3v) is 4.85. The summed E-state index contributed by atoms with van der Waals surface area (Å²) in [6.45, 7) is 0. The molecule has 0 spiro atoms. The first-order valence-corrected chi connectivity index (χ1v) is 9.66. The second-order valence-electron chi connectivity index (χ2n) is 5.99. The molecule has 0 saturated heterocycles. The minimum Gasteiger partial charge on any atom is -0.355 e. The maximum Gasteiger partial charge on any atom is 0.253 e. The maximum absolute atomic E-state index is 13.1. The van der Waals surface area contributed by atoms with Gasteiger partial charge in [0.2, 0.25) is 0 Å². The molecule has 0 saturated carbocycles. The van der Waals surface area contributed by atoms with Crippen LogP contribution in [0.1, 0.15) is 16.1 Å². The number of amides is 2. The van der Waals surface area contributed by atoms with Crippen molar-refractivity contribution in [2.24, 2.45) is 4.99 Å². The van der Waals surface area contributed by atoms with E-state index in [0.717, 1.165) is 0 Å². The molecule has 29 heavy (non-hydrogen) atoms. The number of allylic oxidation sites excluding steroid dienone is 1. The number of carbonyl (C=O) groups excluding carboxylic acids is 2. The Labute approximate surface area is 184 Å². The minimum absolute atomic E-state index is 0.139. The fourth-order valence-electron chi connectivity index (χ4n) is 2.45. The lowest BCUT2D eigenvalue weighted by atomic mass is 9.96. The van der Waals surface area contributed by atoms with Crippen LogP contribution in [0.4, 0.5) is 5.69 Å². The van der Waals surface area contributed by atoms with Crippen molar-refractivity contribution in [2.45, 2.75) is 6.42 Å². The van der Waals surface area contributed by atoms with Gasteiger partial charge < -0.3 is 15.6 Å². The number of benzene rings is 1. The number of hydrogen-bond acceptors (Lipinski definition) is 4. The largest absolute Gasteiger partial charge is 0.355 e. The highest BCUT2D eigenvalue weighted by molar-refractivity contribution is 6.63. The number of halogens is 3. The lowest BCUT2D eigenvalue weighted by Gasteiger charge is -2.15. The number of hydrogen-bond donors (Lipinski definition) is 2. The number of nitrogens with one attached hydrogen (secondary N) is 2. The van der Waals surface area contributed by atoms with Crippen LogP contribution < -0.4 is 10.6 Å². The third kappa shape index (κ3) is 6.06. The minimum atomic E-state index is -0.468. The molecule has 10 heteroatoms. The van der Waals surface area contributed by atoms with Crippen LogP contribution in [-0.4, -0.2) is 44.4 Å². The first-order chi connectivity index (χ1) is 13.8. The van der Waals surface area contributed by atoms with Crippen molar-refractivity contribution in [1.29, 1.82) is 0 Å². The van der Waals surface area contributed by atoms with Gasteiger partial charge in [0.25, 0.3) is 11.8 Å². The summed E-state index contributed by atoms with van der Waals surface area (Å²) in [4.78, 5) is 33.6. The highest BCUT2D eigenvalue weighted by atomic mass is 35.5. The molecule has 0 atom stereocenters. The van der Waals surface area contributed by atoms with E-state index in [1.165, 1.54) is 19.2 Å². The molecule has 0 bridgehead atoms. The zero-order chi connectivity index (χ0) is 21.6. The summed E-state index contributed by atoms with van der Waals surface area (Å²) in [6, 6.07) is 6.28. The standard InChI is InChI=1S/C19H18BCl3N4O2/c1-24-16(20)7-10(6-15-13(22)4-3-5-26-15)18(28)27-17-12(19(29)25-2)8-11(21)9-14(17)23/h3-5,7-9H,6,20H2,1-2H3,(H,25,29)(H,27,28)/b10-7+,24-16+. The number of rotatable bonds is 6. The molecule has 0 radical (unpaired) electrons. The second-order valence-corrected chi connectivity index (χ2v) is 7.24. The Kier molecular flexibility index (Phi) is 8.26. The smallest absolute Gasteiger partial charge is 0.253 e. The molecule has 2 N–H and O–H groups in total. The van der Waals surface area contributed by atoms with Crippen LogP contribution in [0, 0.1) is 0 Å². The van der Waals surface area contributed by atoms with Gasteiger partial charge in [0.05, 0.1) is 27.0 Å². The number of aliphatic imine (C=N–C) groups is 1. The normalized spacial score (nSPS) is 11.9. The first kappa shape index (κ1) is 22.9. The zero-order valence-electron chi connectivity index (χ0n) is 16.0. The fourth-order valence-corrected chi connectivity index (χ4v) is 3.18. The van der Waals surface area contributed by atoms with Gasteiger partial charge in [-0.2, -0.15) is 0 Å². The summed E-state index contributed by atoms with van der Waals surface area (Å²) < 4.78 is 0. The van der Waals surface area contributed by atoms with Gasteiger partial charge >= 0.3 is 0 Å². The van der Waals surface area contributed by atoms with E-state index in [4.69, 9.17) is 34.8 Å². The molecule has 2 rings (SSSR count). The van der Waals surface area contributed by atoms with E-state index in [-0.39, 0.29) is 27.7 Å². The van der Waals surface area contributed by atoms with E-state index in [2.05, 4.69) is 20.6 Å². The van der Waals surface area contributed by atoms with Crippen molar-refractivity contribution in [2.75, 3.05) is 19.4 Å². The Hall–Kier alpha value is -2.35. The molecule has 0 unspecified atom stereocenters. The topological polar surface area (TPSA) is 83.5 Å². The van der Waals surface area contributed by atoms with Gasteiger partial charge in [-0.05, 0) is 36.0 Å².